The first-order valence-corrected chi connectivity index (χ1v) is 7.48. The van der Waals surface area contributed by atoms with Crippen LogP contribution in [0.3, 0.4) is 0 Å². The van der Waals surface area contributed by atoms with Crippen LogP contribution in [0.1, 0.15) is 18.4 Å². The van der Waals surface area contributed by atoms with Gasteiger partial charge in [0.05, 0.1) is 0 Å². The number of hydrogen-bond donors (Lipinski definition) is 1. The molecule has 1 nitrogen and oxygen atoms in total. The van der Waals surface area contributed by atoms with E-state index in [0.29, 0.717) is 11.5 Å². The summed E-state index contributed by atoms with van der Waals surface area (Å²) in [6, 6.07) is 12.3. The molecule has 0 radical (unpaired) electrons. The molecule has 0 spiro atoms. The summed E-state index contributed by atoms with van der Waals surface area (Å²) in [6.07, 6.45) is 3.01. The van der Waals surface area contributed by atoms with Crippen molar-refractivity contribution < 1.29 is 8.78 Å². The Balaban J connectivity index is 1.90. The van der Waals surface area contributed by atoms with E-state index in [-0.39, 0.29) is 0 Å². The minimum atomic E-state index is -0.754. The molecule has 3 rings (SSSR count). The van der Waals surface area contributed by atoms with Crippen LogP contribution in [0.25, 0.3) is 11.1 Å². The molecule has 1 heterocycles. The number of piperidine rings is 1. The Kier molecular flexibility index (Phi) is 4.30. The Morgan fingerprint density at radius 2 is 1.71 bits per heavy atom. The molecule has 0 amide bonds. The van der Waals surface area contributed by atoms with Crippen LogP contribution in [0, 0.1) is 17.6 Å². The molecule has 1 fully saturated rings. The third-order valence-electron chi connectivity index (χ3n) is 4.16. The molecule has 0 aromatic heterocycles. The zero-order valence-electron chi connectivity index (χ0n) is 11.9. The van der Waals surface area contributed by atoms with Gasteiger partial charge in [0, 0.05) is 5.56 Å². The van der Waals surface area contributed by atoms with Crippen molar-refractivity contribution in [1.29, 1.82) is 0 Å². The van der Waals surface area contributed by atoms with Gasteiger partial charge in [0.1, 0.15) is 0 Å². The molecular formula is C18H19F2N. The second kappa shape index (κ2) is 6.35. The minimum Gasteiger partial charge on any atom is -0.317 e. The van der Waals surface area contributed by atoms with Crippen molar-refractivity contribution in [3.8, 4) is 11.1 Å². The number of halogens is 2. The normalized spacial score (nSPS) is 16.1. The van der Waals surface area contributed by atoms with Gasteiger partial charge in [-0.2, -0.15) is 0 Å². The van der Waals surface area contributed by atoms with Gasteiger partial charge in [-0.25, -0.2) is 8.78 Å². The van der Waals surface area contributed by atoms with Crippen LogP contribution in [-0.2, 0) is 6.42 Å². The van der Waals surface area contributed by atoms with Gasteiger partial charge in [-0.15, -0.1) is 0 Å². The van der Waals surface area contributed by atoms with Crippen molar-refractivity contribution >= 4 is 0 Å². The molecule has 1 saturated heterocycles. The molecular weight excluding hydrogens is 268 g/mol. The van der Waals surface area contributed by atoms with Crippen LogP contribution in [-0.4, -0.2) is 13.1 Å². The average Bonchev–Trinajstić information content (AvgIpc) is 2.52. The summed E-state index contributed by atoms with van der Waals surface area (Å²) in [5, 5.41) is 3.32. The molecule has 0 saturated carbocycles. The van der Waals surface area contributed by atoms with Crippen LogP contribution < -0.4 is 5.32 Å². The largest absolute Gasteiger partial charge is 0.317 e. The third-order valence-corrected chi connectivity index (χ3v) is 4.16. The molecule has 3 heteroatoms. The first kappa shape index (κ1) is 14.2. The summed E-state index contributed by atoms with van der Waals surface area (Å²) >= 11 is 0. The maximum absolute atomic E-state index is 14.1. The molecule has 1 aliphatic heterocycles. The van der Waals surface area contributed by atoms with Crippen molar-refractivity contribution in [2.24, 2.45) is 5.92 Å². The van der Waals surface area contributed by atoms with E-state index in [2.05, 4.69) is 5.32 Å². The number of nitrogens with one attached hydrogen (secondary N) is 1. The zero-order valence-corrected chi connectivity index (χ0v) is 11.9. The molecule has 0 bridgehead atoms. The SMILES string of the molecule is Fc1cc(CC2CCNCC2)cc(-c2ccccc2)c1F. The lowest BCUT2D eigenvalue weighted by Gasteiger charge is -2.23. The maximum atomic E-state index is 14.1. The summed E-state index contributed by atoms with van der Waals surface area (Å²) in [7, 11) is 0. The highest BCUT2D eigenvalue weighted by Crippen LogP contribution is 2.28. The van der Waals surface area contributed by atoms with Crippen molar-refractivity contribution in [3.05, 3.63) is 59.7 Å². The quantitative estimate of drug-likeness (QED) is 0.893. The fraction of sp³-hybridized carbons (Fsp3) is 0.333. The standard InChI is InChI=1S/C18H19F2N/c19-17-12-14(10-13-6-8-21-9-7-13)11-16(18(17)20)15-4-2-1-3-5-15/h1-5,11-13,21H,6-10H2. The van der Waals surface area contributed by atoms with Gasteiger partial charge in [-0.3, -0.25) is 0 Å². The van der Waals surface area contributed by atoms with Crippen LogP contribution in [0.5, 0.6) is 0 Å². The molecule has 1 N–H and O–H groups in total. The highest BCUT2D eigenvalue weighted by atomic mass is 19.2. The van der Waals surface area contributed by atoms with Crippen molar-refractivity contribution in [2.75, 3.05) is 13.1 Å². The lowest BCUT2D eigenvalue weighted by molar-refractivity contribution is 0.372. The molecule has 2 aromatic rings. The smallest absolute Gasteiger partial charge is 0.166 e. The summed E-state index contributed by atoms with van der Waals surface area (Å²) in [4.78, 5) is 0. The zero-order chi connectivity index (χ0) is 14.7. The number of benzene rings is 2. The van der Waals surface area contributed by atoms with Crippen LogP contribution in [0.4, 0.5) is 8.78 Å². The summed E-state index contributed by atoms with van der Waals surface area (Å²) in [5.74, 6) is -0.949. The minimum absolute atomic E-state index is 0.361. The lowest BCUT2D eigenvalue weighted by atomic mass is 9.89. The van der Waals surface area contributed by atoms with Gasteiger partial charge in [0.15, 0.2) is 11.6 Å². The van der Waals surface area contributed by atoms with Crippen LogP contribution in [0.2, 0.25) is 0 Å². The topological polar surface area (TPSA) is 12.0 Å². The Labute approximate surface area is 124 Å². The molecule has 0 unspecified atom stereocenters. The van der Waals surface area contributed by atoms with Crippen molar-refractivity contribution in [1.82, 2.24) is 5.32 Å². The Hall–Kier alpha value is -1.74. The van der Waals surface area contributed by atoms with E-state index >= 15 is 0 Å². The summed E-state index contributed by atoms with van der Waals surface area (Å²) in [6.45, 7) is 2.03. The van der Waals surface area contributed by atoms with E-state index < -0.39 is 11.6 Å². The van der Waals surface area contributed by atoms with Gasteiger partial charge in [0.25, 0.3) is 0 Å². The third kappa shape index (κ3) is 3.30. The molecule has 1 aliphatic rings. The molecule has 0 atom stereocenters. The number of rotatable bonds is 3. The van der Waals surface area contributed by atoms with Crippen molar-refractivity contribution in [3.63, 3.8) is 0 Å². The Morgan fingerprint density at radius 1 is 1.00 bits per heavy atom. The monoisotopic (exact) mass is 287 g/mol. The van der Waals surface area contributed by atoms with E-state index in [1.807, 2.05) is 30.3 Å². The van der Waals surface area contributed by atoms with E-state index in [9.17, 15) is 8.78 Å². The van der Waals surface area contributed by atoms with Gasteiger partial charge >= 0.3 is 0 Å². The van der Waals surface area contributed by atoms with Crippen LogP contribution >= 0.6 is 0 Å². The number of hydrogen-bond acceptors (Lipinski definition) is 1. The summed E-state index contributed by atoms with van der Waals surface area (Å²) in [5.41, 5.74) is 1.97. The molecule has 0 aliphatic carbocycles. The summed E-state index contributed by atoms with van der Waals surface area (Å²) < 4.78 is 28.0. The van der Waals surface area contributed by atoms with E-state index in [0.717, 1.165) is 43.5 Å². The van der Waals surface area contributed by atoms with Gasteiger partial charge in [-0.1, -0.05) is 30.3 Å². The molecule has 110 valence electrons. The van der Waals surface area contributed by atoms with E-state index in [1.54, 1.807) is 6.07 Å². The highest BCUT2D eigenvalue weighted by molar-refractivity contribution is 5.65. The Bertz CT molecular complexity index is 604. The Morgan fingerprint density at radius 3 is 2.43 bits per heavy atom. The first-order valence-electron chi connectivity index (χ1n) is 7.48. The van der Waals surface area contributed by atoms with E-state index in [1.165, 1.54) is 6.07 Å². The second-order valence-electron chi connectivity index (χ2n) is 5.70. The fourth-order valence-corrected chi connectivity index (χ4v) is 3.01. The maximum Gasteiger partial charge on any atom is 0.166 e. The fourth-order valence-electron chi connectivity index (χ4n) is 3.01. The predicted octanol–water partition coefficient (Wildman–Crippen LogP) is 4.17. The van der Waals surface area contributed by atoms with Gasteiger partial charge in [-0.05, 0) is 61.5 Å². The van der Waals surface area contributed by atoms with Gasteiger partial charge < -0.3 is 5.32 Å². The predicted molar refractivity (Wildman–Crippen MR) is 81.1 cm³/mol. The first-order chi connectivity index (χ1) is 10.2. The average molecular weight is 287 g/mol. The second-order valence-corrected chi connectivity index (χ2v) is 5.70. The van der Waals surface area contributed by atoms with Crippen molar-refractivity contribution in [2.45, 2.75) is 19.3 Å². The van der Waals surface area contributed by atoms with E-state index in [4.69, 9.17) is 0 Å². The molecule has 2 aromatic carbocycles. The lowest BCUT2D eigenvalue weighted by Crippen LogP contribution is -2.28. The van der Waals surface area contributed by atoms with Crippen LogP contribution in [0.15, 0.2) is 42.5 Å². The molecule has 21 heavy (non-hydrogen) atoms. The highest BCUT2D eigenvalue weighted by Gasteiger charge is 2.17. The van der Waals surface area contributed by atoms with Gasteiger partial charge in [0.2, 0.25) is 0 Å².